The molecule has 0 aromatic rings. The quantitative estimate of drug-likeness (QED) is 0.631. The van der Waals surface area contributed by atoms with Crippen molar-refractivity contribution in [3.05, 3.63) is 0 Å². The highest BCUT2D eigenvalue weighted by molar-refractivity contribution is 4.78. The van der Waals surface area contributed by atoms with Gasteiger partial charge in [-0.25, -0.2) is 0 Å². The van der Waals surface area contributed by atoms with Gasteiger partial charge in [-0.3, -0.25) is 0 Å². The minimum absolute atomic E-state index is 0.695. The van der Waals surface area contributed by atoms with Crippen LogP contribution in [0.3, 0.4) is 0 Å². The van der Waals surface area contributed by atoms with E-state index in [1.54, 1.807) is 0 Å². The molecule has 0 spiro atoms. The molecule has 1 aliphatic carbocycles. The summed E-state index contributed by atoms with van der Waals surface area (Å²) in [5.41, 5.74) is 0. The van der Waals surface area contributed by atoms with Crippen molar-refractivity contribution >= 4 is 0 Å². The first-order valence-corrected chi connectivity index (χ1v) is 4.41. The summed E-state index contributed by atoms with van der Waals surface area (Å²) in [6, 6.07) is 0.695. The lowest BCUT2D eigenvalue weighted by molar-refractivity contribution is 0.383. The highest BCUT2D eigenvalue weighted by Crippen LogP contribution is 2.35. The molecule has 1 rings (SSSR count). The van der Waals surface area contributed by atoms with Crippen LogP contribution in [0.25, 0.3) is 0 Å². The van der Waals surface area contributed by atoms with E-state index < -0.39 is 0 Å². The number of hydrogen-bond acceptors (Lipinski definition) is 1. The Balaban J connectivity index is 2.11. The van der Waals surface area contributed by atoms with Crippen LogP contribution in [-0.4, -0.2) is 13.1 Å². The molecule has 60 valence electrons. The molecule has 0 aromatic carbocycles. The van der Waals surface area contributed by atoms with Gasteiger partial charge in [0.2, 0.25) is 0 Å². The summed E-state index contributed by atoms with van der Waals surface area (Å²) in [6.07, 6.45) is 4.41. The molecule has 0 radical (unpaired) electrons. The van der Waals surface area contributed by atoms with Gasteiger partial charge in [-0.1, -0.05) is 19.8 Å². The van der Waals surface area contributed by atoms with Gasteiger partial charge >= 0.3 is 0 Å². The topological polar surface area (TPSA) is 12.0 Å². The van der Waals surface area contributed by atoms with Gasteiger partial charge < -0.3 is 5.32 Å². The second-order valence-electron chi connectivity index (χ2n) is 3.73. The van der Waals surface area contributed by atoms with Gasteiger partial charge in [0.1, 0.15) is 0 Å². The normalized spacial score (nSPS) is 24.3. The van der Waals surface area contributed by atoms with Crippen molar-refractivity contribution in [1.29, 1.82) is 0 Å². The van der Waals surface area contributed by atoms with Crippen LogP contribution in [0.15, 0.2) is 0 Å². The Bertz CT molecular complexity index is 96.9. The van der Waals surface area contributed by atoms with Gasteiger partial charge in [0.25, 0.3) is 0 Å². The standard InChI is InChI=1S/C9H19N/c1-7(8(2)10-3)6-9-4-5-9/h7-10H,4-6H2,1-3H3. The van der Waals surface area contributed by atoms with Crippen LogP contribution >= 0.6 is 0 Å². The predicted octanol–water partition coefficient (Wildman–Crippen LogP) is 2.03. The van der Waals surface area contributed by atoms with Gasteiger partial charge in [0.05, 0.1) is 0 Å². The summed E-state index contributed by atoms with van der Waals surface area (Å²) in [5, 5.41) is 3.30. The molecular formula is C9H19N. The van der Waals surface area contributed by atoms with Crippen LogP contribution in [0.2, 0.25) is 0 Å². The first kappa shape index (κ1) is 8.06. The molecule has 2 unspecified atom stereocenters. The Morgan fingerprint density at radius 2 is 2.00 bits per heavy atom. The highest BCUT2D eigenvalue weighted by Gasteiger charge is 2.25. The molecule has 10 heavy (non-hydrogen) atoms. The number of nitrogens with one attached hydrogen (secondary N) is 1. The number of hydrogen-bond donors (Lipinski definition) is 1. The van der Waals surface area contributed by atoms with E-state index >= 15 is 0 Å². The Morgan fingerprint density at radius 3 is 2.40 bits per heavy atom. The fourth-order valence-corrected chi connectivity index (χ4v) is 1.37. The minimum atomic E-state index is 0.695. The Labute approximate surface area is 64.2 Å². The molecule has 1 aliphatic rings. The molecule has 1 nitrogen and oxygen atoms in total. The first-order valence-electron chi connectivity index (χ1n) is 4.41. The van der Waals surface area contributed by atoms with Gasteiger partial charge in [-0.2, -0.15) is 0 Å². The van der Waals surface area contributed by atoms with E-state index in [2.05, 4.69) is 19.2 Å². The smallest absolute Gasteiger partial charge is 0.00614 e. The van der Waals surface area contributed by atoms with Crippen molar-refractivity contribution in [2.24, 2.45) is 11.8 Å². The molecule has 0 bridgehead atoms. The van der Waals surface area contributed by atoms with Crippen LogP contribution in [0.4, 0.5) is 0 Å². The maximum absolute atomic E-state index is 3.30. The monoisotopic (exact) mass is 141 g/mol. The summed E-state index contributed by atoms with van der Waals surface area (Å²) in [5.74, 6) is 1.93. The average molecular weight is 141 g/mol. The second-order valence-corrected chi connectivity index (χ2v) is 3.73. The van der Waals surface area contributed by atoms with Crippen molar-refractivity contribution in [1.82, 2.24) is 5.32 Å². The summed E-state index contributed by atoms with van der Waals surface area (Å²) in [7, 11) is 2.05. The predicted molar refractivity (Wildman–Crippen MR) is 45.0 cm³/mol. The van der Waals surface area contributed by atoms with Gasteiger partial charge in [-0.15, -0.1) is 0 Å². The largest absolute Gasteiger partial charge is 0.317 e. The molecule has 0 aromatic heterocycles. The summed E-state index contributed by atoms with van der Waals surface area (Å²) >= 11 is 0. The Morgan fingerprint density at radius 1 is 1.40 bits per heavy atom. The average Bonchev–Trinajstić information content (AvgIpc) is 2.70. The SMILES string of the molecule is CNC(C)C(C)CC1CC1. The van der Waals surface area contributed by atoms with Crippen molar-refractivity contribution in [2.75, 3.05) is 7.05 Å². The van der Waals surface area contributed by atoms with Crippen LogP contribution in [0, 0.1) is 11.8 Å². The molecule has 1 saturated carbocycles. The van der Waals surface area contributed by atoms with E-state index in [0.717, 1.165) is 11.8 Å². The Kier molecular flexibility index (Phi) is 2.72. The summed E-state index contributed by atoms with van der Waals surface area (Å²) < 4.78 is 0. The van der Waals surface area contributed by atoms with Gasteiger partial charge in [-0.05, 0) is 32.2 Å². The van der Waals surface area contributed by atoms with Crippen molar-refractivity contribution in [3.8, 4) is 0 Å². The molecule has 1 N–H and O–H groups in total. The van der Waals surface area contributed by atoms with E-state index in [9.17, 15) is 0 Å². The van der Waals surface area contributed by atoms with E-state index in [-0.39, 0.29) is 0 Å². The summed E-state index contributed by atoms with van der Waals surface area (Å²) in [6.45, 7) is 4.62. The van der Waals surface area contributed by atoms with Crippen LogP contribution in [-0.2, 0) is 0 Å². The number of rotatable bonds is 4. The zero-order chi connectivity index (χ0) is 7.56. The molecule has 0 heterocycles. The first-order chi connectivity index (χ1) is 4.74. The Hall–Kier alpha value is -0.0400. The zero-order valence-corrected chi connectivity index (χ0v) is 7.35. The van der Waals surface area contributed by atoms with E-state index in [0.29, 0.717) is 6.04 Å². The fourth-order valence-electron chi connectivity index (χ4n) is 1.37. The third kappa shape index (κ3) is 2.30. The van der Waals surface area contributed by atoms with E-state index in [1.807, 2.05) is 7.05 Å². The molecule has 1 heteroatoms. The molecule has 0 aliphatic heterocycles. The van der Waals surface area contributed by atoms with E-state index in [1.165, 1.54) is 19.3 Å². The molecule has 1 fully saturated rings. The third-order valence-corrected chi connectivity index (χ3v) is 2.71. The van der Waals surface area contributed by atoms with Gasteiger partial charge in [0, 0.05) is 6.04 Å². The maximum atomic E-state index is 3.30. The van der Waals surface area contributed by atoms with Crippen LogP contribution in [0.5, 0.6) is 0 Å². The third-order valence-electron chi connectivity index (χ3n) is 2.71. The van der Waals surface area contributed by atoms with E-state index in [4.69, 9.17) is 0 Å². The van der Waals surface area contributed by atoms with Crippen molar-refractivity contribution < 1.29 is 0 Å². The molecular weight excluding hydrogens is 122 g/mol. The van der Waals surface area contributed by atoms with Crippen molar-refractivity contribution in [3.63, 3.8) is 0 Å². The lowest BCUT2D eigenvalue weighted by Crippen LogP contribution is -2.28. The molecule has 0 saturated heterocycles. The molecule has 0 amide bonds. The second kappa shape index (κ2) is 3.38. The molecule has 2 atom stereocenters. The van der Waals surface area contributed by atoms with Gasteiger partial charge in [0.15, 0.2) is 0 Å². The fraction of sp³-hybridized carbons (Fsp3) is 1.00. The summed E-state index contributed by atoms with van der Waals surface area (Å²) in [4.78, 5) is 0. The zero-order valence-electron chi connectivity index (χ0n) is 7.35. The maximum Gasteiger partial charge on any atom is 0.00614 e. The van der Waals surface area contributed by atoms with Crippen LogP contribution < -0.4 is 5.32 Å². The highest BCUT2D eigenvalue weighted by atomic mass is 14.9. The lowest BCUT2D eigenvalue weighted by atomic mass is 9.97. The minimum Gasteiger partial charge on any atom is -0.317 e. The van der Waals surface area contributed by atoms with Crippen LogP contribution in [0.1, 0.15) is 33.1 Å². The van der Waals surface area contributed by atoms with Crippen molar-refractivity contribution in [2.45, 2.75) is 39.2 Å². The lowest BCUT2D eigenvalue weighted by Gasteiger charge is -2.18.